The maximum absolute atomic E-state index is 12.8. The lowest BCUT2D eigenvalue weighted by atomic mass is 10.0. The third-order valence-electron chi connectivity index (χ3n) is 13.2. The molecule has 0 aromatic rings. The molecule has 0 spiro atoms. The highest BCUT2D eigenvalue weighted by Gasteiger charge is 2.19. The summed E-state index contributed by atoms with van der Waals surface area (Å²) in [5.74, 6) is 0.811. The van der Waals surface area contributed by atoms with Crippen molar-refractivity contribution in [3.05, 3.63) is 0 Å². The standard InChI is InChI=1S/C58H112O6/c1-6-7-8-9-10-11-12-13-14-15-16-20-23-28-33-38-43-48-56(59)62-51-55(52-63-57(60)49-44-39-34-30-25-27-32-37-42-47-54(4)5)64-58(61)50-45-40-35-29-24-21-18-17-19-22-26-31-36-41-46-53(2)3/h53-55H,6-52H2,1-5H3/t55-/m0/s1. The monoisotopic (exact) mass is 905 g/mol. The van der Waals surface area contributed by atoms with E-state index in [0.29, 0.717) is 19.3 Å². The predicted molar refractivity (Wildman–Crippen MR) is 275 cm³/mol. The summed E-state index contributed by atoms with van der Waals surface area (Å²) >= 11 is 0. The second-order valence-electron chi connectivity index (χ2n) is 20.9. The molecule has 1 atom stereocenters. The summed E-state index contributed by atoms with van der Waals surface area (Å²) in [7, 11) is 0. The van der Waals surface area contributed by atoms with Crippen LogP contribution in [0, 0.1) is 11.8 Å². The molecule has 0 unspecified atom stereocenters. The van der Waals surface area contributed by atoms with Crippen molar-refractivity contribution in [1.82, 2.24) is 0 Å². The first kappa shape index (κ1) is 62.4. The first-order valence-corrected chi connectivity index (χ1v) is 28.7. The van der Waals surface area contributed by atoms with Gasteiger partial charge in [0.05, 0.1) is 0 Å². The van der Waals surface area contributed by atoms with Crippen molar-refractivity contribution in [3.63, 3.8) is 0 Å². The topological polar surface area (TPSA) is 78.9 Å². The Bertz CT molecular complexity index is 978. The number of carbonyl (C=O) groups is 3. The lowest BCUT2D eigenvalue weighted by Gasteiger charge is -2.18. The van der Waals surface area contributed by atoms with Crippen LogP contribution in [0.4, 0.5) is 0 Å². The molecule has 0 aliphatic heterocycles. The molecule has 0 rings (SSSR count). The zero-order valence-corrected chi connectivity index (χ0v) is 43.9. The van der Waals surface area contributed by atoms with Crippen LogP contribution < -0.4 is 0 Å². The fourth-order valence-electron chi connectivity index (χ4n) is 8.87. The molecule has 0 aromatic carbocycles. The highest BCUT2D eigenvalue weighted by atomic mass is 16.6. The molecule has 64 heavy (non-hydrogen) atoms. The van der Waals surface area contributed by atoms with Crippen molar-refractivity contribution in [2.24, 2.45) is 11.8 Å². The Labute approximate surface area is 399 Å². The maximum atomic E-state index is 12.8. The Morgan fingerprint density at radius 1 is 0.297 bits per heavy atom. The largest absolute Gasteiger partial charge is 0.462 e. The molecule has 0 saturated heterocycles. The first-order chi connectivity index (χ1) is 31.2. The van der Waals surface area contributed by atoms with Crippen LogP contribution in [0.5, 0.6) is 0 Å². The molecule has 0 aromatic heterocycles. The average molecular weight is 906 g/mol. The second kappa shape index (κ2) is 50.8. The molecular weight excluding hydrogens is 793 g/mol. The van der Waals surface area contributed by atoms with E-state index < -0.39 is 6.10 Å². The summed E-state index contributed by atoms with van der Waals surface area (Å²) in [6, 6.07) is 0. The second-order valence-corrected chi connectivity index (χ2v) is 20.9. The Hall–Kier alpha value is -1.59. The van der Waals surface area contributed by atoms with Crippen LogP contribution in [0.1, 0.15) is 324 Å². The van der Waals surface area contributed by atoms with Gasteiger partial charge in [-0.2, -0.15) is 0 Å². The summed E-state index contributed by atoms with van der Waals surface area (Å²) < 4.78 is 16.9. The predicted octanol–water partition coefficient (Wildman–Crippen LogP) is 18.9. The van der Waals surface area contributed by atoms with Gasteiger partial charge >= 0.3 is 17.9 Å². The number of carbonyl (C=O) groups excluding carboxylic acids is 3. The van der Waals surface area contributed by atoms with Crippen LogP contribution in [-0.2, 0) is 28.6 Å². The van der Waals surface area contributed by atoms with Crippen LogP contribution >= 0.6 is 0 Å². The van der Waals surface area contributed by atoms with Crippen LogP contribution in [0.15, 0.2) is 0 Å². The zero-order chi connectivity index (χ0) is 46.8. The van der Waals surface area contributed by atoms with Crippen LogP contribution in [-0.4, -0.2) is 37.2 Å². The normalized spacial score (nSPS) is 12.0. The van der Waals surface area contributed by atoms with Crippen LogP contribution in [0.3, 0.4) is 0 Å². The molecule has 0 aliphatic rings. The SMILES string of the molecule is CCCCCCCCCCCCCCCCCCCC(=O)OC[C@@H](COC(=O)CCCCCCCCCCCC(C)C)OC(=O)CCCCCCCCCCCCCCCCC(C)C. The molecule has 6 nitrogen and oxygen atoms in total. The summed E-state index contributed by atoms with van der Waals surface area (Å²) in [5, 5.41) is 0. The lowest BCUT2D eigenvalue weighted by molar-refractivity contribution is -0.167. The van der Waals surface area contributed by atoms with Crippen LogP contribution in [0.2, 0.25) is 0 Å². The Kier molecular flexibility index (Phi) is 49.6. The number of ether oxygens (including phenoxy) is 3. The molecule has 0 heterocycles. The Balaban J connectivity index is 4.28. The summed E-state index contributed by atoms with van der Waals surface area (Å²) in [6.07, 6.45) is 53.8. The van der Waals surface area contributed by atoms with Crippen molar-refractivity contribution in [1.29, 1.82) is 0 Å². The molecule has 0 amide bonds. The van der Waals surface area contributed by atoms with Gasteiger partial charge in [-0.1, -0.05) is 285 Å². The van der Waals surface area contributed by atoms with Gasteiger partial charge in [-0.3, -0.25) is 14.4 Å². The molecule has 380 valence electrons. The van der Waals surface area contributed by atoms with Gasteiger partial charge in [0.2, 0.25) is 0 Å². The van der Waals surface area contributed by atoms with Gasteiger partial charge in [0, 0.05) is 19.3 Å². The van der Waals surface area contributed by atoms with Gasteiger partial charge in [0.15, 0.2) is 6.10 Å². The van der Waals surface area contributed by atoms with E-state index in [9.17, 15) is 14.4 Å². The van der Waals surface area contributed by atoms with E-state index in [1.54, 1.807) is 0 Å². The third kappa shape index (κ3) is 51.4. The van der Waals surface area contributed by atoms with E-state index >= 15 is 0 Å². The van der Waals surface area contributed by atoms with E-state index in [4.69, 9.17) is 14.2 Å². The lowest BCUT2D eigenvalue weighted by Crippen LogP contribution is -2.30. The zero-order valence-electron chi connectivity index (χ0n) is 43.9. The van der Waals surface area contributed by atoms with E-state index in [1.807, 2.05) is 0 Å². The number of rotatable bonds is 52. The van der Waals surface area contributed by atoms with E-state index in [2.05, 4.69) is 34.6 Å². The summed E-state index contributed by atoms with van der Waals surface area (Å²) in [6.45, 7) is 11.4. The quantitative estimate of drug-likeness (QED) is 0.0344. The molecule has 0 fully saturated rings. The highest BCUT2D eigenvalue weighted by Crippen LogP contribution is 2.18. The van der Waals surface area contributed by atoms with E-state index in [1.165, 1.54) is 212 Å². The minimum atomic E-state index is -0.763. The maximum Gasteiger partial charge on any atom is 0.306 e. The van der Waals surface area contributed by atoms with Crippen molar-refractivity contribution in [2.75, 3.05) is 13.2 Å². The Morgan fingerprint density at radius 2 is 0.516 bits per heavy atom. The fourth-order valence-corrected chi connectivity index (χ4v) is 8.87. The summed E-state index contributed by atoms with van der Waals surface area (Å²) in [5.41, 5.74) is 0. The molecule has 0 saturated carbocycles. The van der Waals surface area contributed by atoms with Gasteiger partial charge in [-0.15, -0.1) is 0 Å². The minimum Gasteiger partial charge on any atom is -0.462 e. The first-order valence-electron chi connectivity index (χ1n) is 28.7. The number of hydrogen-bond donors (Lipinski definition) is 0. The highest BCUT2D eigenvalue weighted by molar-refractivity contribution is 5.71. The van der Waals surface area contributed by atoms with Gasteiger partial charge in [0.25, 0.3) is 0 Å². The number of hydrogen-bond acceptors (Lipinski definition) is 6. The van der Waals surface area contributed by atoms with Gasteiger partial charge in [0.1, 0.15) is 13.2 Å². The van der Waals surface area contributed by atoms with Gasteiger partial charge in [-0.05, 0) is 31.1 Å². The van der Waals surface area contributed by atoms with Gasteiger partial charge in [-0.25, -0.2) is 0 Å². The minimum absolute atomic E-state index is 0.0629. The molecular formula is C58H112O6. The molecule has 0 bridgehead atoms. The molecule has 6 heteroatoms. The summed E-state index contributed by atoms with van der Waals surface area (Å²) in [4.78, 5) is 38.1. The molecule has 0 aliphatic carbocycles. The van der Waals surface area contributed by atoms with E-state index in [0.717, 1.165) is 69.6 Å². The third-order valence-corrected chi connectivity index (χ3v) is 13.2. The smallest absolute Gasteiger partial charge is 0.306 e. The van der Waals surface area contributed by atoms with Crippen molar-refractivity contribution in [3.8, 4) is 0 Å². The van der Waals surface area contributed by atoms with E-state index in [-0.39, 0.29) is 31.1 Å². The van der Waals surface area contributed by atoms with Crippen LogP contribution in [0.25, 0.3) is 0 Å². The molecule has 0 radical (unpaired) electrons. The van der Waals surface area contributed by atoms with Crippen molar-refractivity contribution >= 4 is 17.9 Å². The van der Waals surface area contributed by atoms with Crippen molar-refractivity contribution in [2.45, 2.75) is 330 Å². The average Bonchev–Trinajstić information content (AvgIpc) is 3.27. The van der Waals surface area contributed by atoms with Gasteiger partial charge < -0.3 is 14.2 Å². The van der Waals surface area contributed by atoms with Crippen molar-refractivity contribution < 1.29 is 28.6 Å². The number of unbranched alkanes of at least 4 members (excludes halogenated alkanes) is 37. The Morgan fingerprint density at radius 3 is 0.766 bits per heavy atom. The fraction of sp³-hybridized carbons (Fsp3) is 0.948. The molecule has 0 N–H and O–H groups in total. The number of esters is 3.